The molecule has 2 aromatic heterocycles. The largest absolute Gasteiger partial charge is 0.352 e. The maximum absolute atomic E-state index is 12.5. The highest BCUT2D eigenvalue weighted by Gasteiger charge is 2.17. The van der Waals surface area contributed by atoms with Gasteiger partial charge in [-0.25, -0.2) is 13.1 Å². The van der Waals surface area contributed by atoms with Gasteiger partial charge in [-0.1, -0.05) is 32.9 Å². The monoisotopic (exact) mass is 452 g/mol. The summed E-state index contributed by atoms with van der Waals surface area (Å²) in [5.74, 6) is -0.238. The second kappa shape index (κ2) is 10.0. The highest BCUT2D eigenvalue weighted by Crippen LogP contribution is 2.23. The number of amides is 1. The van der Waals surface area contributed by atoms with Crippen molar-refractivity contribution < 1.29 is 13.2 Å². The second-order valence-corrected chi connectivity index (χ2v) is 10.3. The summed E-state index contributed by atoms with van der Waals surface area (Å²) in [6.07, 6.45) is 5.13. The van der Waals surface area contributed by atoms with Crippen molar-refractivity contribution in [2.45, 2.75) is 44.0 Å². The molecule has 1 aromatic carbocycles. The van der Waals surface area contributed by atoms with Gasteiger partial charge in [0.2, 0.25) is 15.9 Å². The van der Waals surface area contributed by atoms with Crippen molar-refractivity contribution in [1.29, 1.82) is 0 Å². The summed E-state index contributed by atoms with van der Waals surface area (Å²) in [5.41, 5.74) is 3.64. The number of sulfonamides is 1. The second-order valence-electron chi connectivity index (χ2n) is 8.48. The molecule has 0 atom stereocenters. The van der Waals surface area contributed by atoms with Gasteiger partial charge >= 0.3 is 0 Å². The van der Waals surface area contributed by atoms with Crippen LogP contribution in [0.4, 0.5) is 0 Å². The van der Waals surface area contributed by atoms with E-state index in [1.807, 2.05) is 36.4 Å². The van der Waals surface area contributed by atoms with E-state index in [1.54, 1.807) is 30.7 Å². The molecular weight excluding hydrogens is 424 g/mol. The third kappa shape index (κ3) is 6.45. The van der Waals surface area contributed by atoms with E-state index < -0.39 is 10.0 Å². The number of nitrogens with zero attached hydrogens (tertiary/aromatic N) is 2. The number of carbonyl (C=O) groups excluding carboxylic acids is 1. The first kappa shape index (κ1) is 23.6. The Labute approximate surface area is 189 Å². The van der Waals surface area contributed by atoms with Gasteiger partial charge in [0.15, 0.2) is 0 Å². The van der Waals surface area contributed by atoms with Crippen LogP contribution in [-0.2, 0) is 26.8 Å². The molecule has 0 saturated heterocycles. The molecule has 3 aromatic rings. The van der Waals surface area contributed by atoms with E-state index in [1.165, 1.54) is 0 Å². The van der Waals surface area contributed by atoms with E-state index in [0.29, 0.717) is 6.54 Å². The minimum absolute atomic E-state index is 0.0216. The zero-order chi connectivity index (χ0) is 23.2. The molecule has 2 heterocycles. The Morgan fingerprint density at radius 3 is 2.31 bits per heavy atom. The number of hydrogen-bond acceptors (Lipinski definition) is 5. The fourth-order valence-corrected chi connectivity index (χ4v) is 4.10. The van der Waals surface area contributed by atoms with Crippen LogP contribution in [-0.4, -0.2) is 30.8 Å². The fraction of sp³-hybridized carbons (Fsp3) is 0.292. The number of carbonyl (C=O) groups is 1. The molecule has 0 unspecified atom stereocenters. The molecule has 0 fully saturated rings. The number of benzene rings is 1. The minimum Gasteiger partial charge on any atom is -0.352 e. The van der Waals surface area contributed by atoms with Crippen molar-refractivity contribution in [1.82, 2.24) is 20.0 Å². The molecule has 0 bridgehead atoms. The molecule has 0 radical (unpaired) electrons. The van der Waals surface area contributed by atoms with Crippen LogP contribution in [0.15, 0.2) is 72.0 Å². The van der Waals surface area contributed by atoms with E-state index in [9.17, 15) is 13.2 Å². The SMILES string of the molecule is CC(C)(C)c1ccc(S(=O)(=O)NCCC(=O)NCc2ccnc(-c3ccncc3)c2)cc1. The third-order valence-electron chi connectivity index (χ3n) is 4.96. The highest BCUT2D eigenvalue weighted by atomic mass is 32.2. The standard InChI is InChI=1S/C24H28N4O3S/c1-24(2,3)20-4-6-21(7-5-20)32(30,31)28-15-11-23(29)27-17-18-8-14-26-22(16-18)19-9-12-25-13-10-19/h4-10,12-14,16,28H,11,15,17H2,1-3H3,(H,27,29). The lowest BCUT2D eigenvalue weighted by Crippen LogP contribution is -2.30. The first-order chi connectivity index (χ1) is 15.1. The van der Waals surface area contributed by atoms with Crippen LogP contribution in [0.5, 0.6) is 0 Å². The third-order valence-corrected chi connectivity index (χ3v) is 6.44. The normalized spacial score (nSPS) is 11.8. The summed E-state index contributed by atoms with van der Waals surface area (Å²) in [5, 5.41) is 2.81. The molecule has 0 spiro atoms. The van der Waals surface area contributed by atoms with E-state index in [-0.39, 0.29) is 29.2 Å². The summed E-state index contributed by atoms with van der Waals surface area (Å²) < 4.78 is 27.4. The number of rotatable bonds is 8. The molecule has 2 N–H and O–H groups in total. The molecular formula is C24H28N4O3S. The van der Waals surface area contributed by atoms with Gasteiger partial charge in [-0.3, -0.25) is 14.8 Å². The average molecular weight is 453 g/mol. The molecule has 0 aliphatic heterocycles. The summed E-state index contributed by atoms with van der Waals surface area (Å²) in [6, 6.07) is 14.3. The van der Waals surface area contributed by atoms with Crippen molar-refractivity contribution in [2.75, 3.05) is 6.54 Å². The summed E-state index contributed by atoms with van der Waals surface area (Å²) >= 11 is 0. The molecule has 3 rings (SSSR count). The summed E-state index contributed by atoms with van der Waals surface area (Å²) in [7, 11) is -3.66. The van der Waals surface area contributed by atoms with Crippen molar-refractivity contribution in [3.63, 3.8) is 0 Å². The molecule has 0 aliphatic carbocycles. The van der Waals surface area contributed by atoms with Gasteiger partial charge in [0, 0.05) is 43.7 Å². The van der Waals surface area contributed by atoms with Crippen LogP contribution in [0, 0.1) is 0 Å². The fourth-order valence-electron chi connectivity index (χ4n) is 3.07. The predicted molar refractivity (Wildman–Crippen MR) is 124 cm³/mol. The average Bonchev–Trinajstić information content (AvgIpc) is 2.78. The van der Waals surface area contributed by atoms with Crippen LogP contribution in [0.2, 0.25) is 0 Å². The Bertz CT molecular complexity index is 1160. The number of hydrogen-bond donors (Lipinski definition) is 2. The molecule has 8 heteroatoms. The molecule has 0 aliphatic rings. The van der Waals surface area contributed by atoms with Crippen molar-refractivity contribution in [3.8, 4) is 11.3 Å². The zero-order valence-electron chi connectivity index (χ0n) is 18.5. The quantitative estimate of drug-likeness (QED) is 0.545. The Morgan fingerprint density at radius 2 is 1.66 bits per heavy atom. The van der Waals surface area contributed by atoms with Gasteiger partial charge in [0.1, 0.15) is 0 Å². The lowest BCUT2D eigenvalue weighted by molar-refractivity contribution is -0.121. The number of aromatic nitrogens is 2. The van der Waals surface area contributed by atoms with Crippen LogP contribution in [0.25, 0.3) is 11.3 Å². The van der Waals surface area contributed by atoms with Gasteiger partial charge in [-0.05, 0) is 52.9 Å². The van der Waals surface area contributed by atoms with Gasteiger partial charge < -0.3 is 5.32 Å². The lowest BCUT2D eigenvalue weighted by atomic mass is 9.87. The van der Waals surface area contributed by atoms with E-state index in [0.717, 1.165) is 22.4 Å². The smallest absolute Gasteiger partial charge is 0.240 e. The first-order valence-electron chi connectivity index (χ1n) is 10.4. The van der Waals surface area contributed by atoms with Crippen LogP contribution in [0.1, 0.15) is 38.3 Å². The molecule has 1 amide bonds. The Balaban J connectivity index is 1.49. The van der Waals surface area contributed by atoms with Gasteiger partial charge in [0.25, 0.3) is 0 Å². The number of pyridine rings is 2. The van der Waals surface area contributed by atoms with E-state index in [2.05, 4.69) is 40.8 Å². The van der Waals surface area contributed by atoms with E-state index >= 15 is 0 Å². The first-order valence-corrected chi connectivity index (χ1v) is 11.9. The van der Waals surface area contributed by atoms with Crippen LogP contribution in [0.3, 0.4) is 0 Å². The minimum atomic E-state index is -3.66. The van der Waals surface area contributed by atoms with Gasteiger partial charge in [0.05, 0.1) is 10.6 Å². The molecule has 168 valence electrons. The molecule has 0 saturated carbocycles. The Morgan fingerprint density at radius 1 is 0.969 bits per heavy atom. The highest BCUT2D eigenvalue weighted by molar-refractivity contribution is 7.89. The van der Waals surface area contributed by atoms with Crippen molar-refractivity contribution in [3.05, 3.63) is 78.2 Å². The molecule has 32 heavy (non-hydrogen) atoms. The Hall–Kier alpha value is -3.10. The van der Waals surface area contributed by atoms with Crippen LogP contribution < -0.4 is 10.0 Å². The lowest BCUT2D eigenvalue weighted by Gasteiger charge is -2.19. The maximum Gasteiger partial charge on any atom is 0.240 e. The number of nitrogens with one attached hydrogen (secondary N) is 2. The summed E-state index contributed by atoms with van der Waals surface area (Å²) in [4.78, 5) is 20.7. The maximum atomic E-state index is 12.5. The van der Waals surface area contributed by atoms with E-state index in [4.69, 9.17) is 0 Å². The van der Waals surface area contributed by atoms with Gasteiger partial charge in [-0.2, -0.15) is 0 Å². The van der Waals surface area contributed by atoms with Crippen LogP contribution >= 0.6 is 0 Å². The van der Waals surface area contributed by atoms with Gasteiger partial charge in [-0.15, -0.1) is 0 Å². The topological polar surface area (TPSA) is 101 Å². The Kier molecular flexibility index (Phi) is 7.37. The zero-order valence-corrected chi connectivity index (χ0v) is 19.3. The predicted octanol–water partition coefficient (Wildman–Crippen LogP) is 3.43. The summed E-state index contributed by atoms with van der Waals surface area (Å²) in [6.45, 7) is 6.56. The van der Waals surface area contributed by atoms with Crippen molar-refractivity contribution in [2.24, 2.45) is 0 Å². The molecule has 7 nitrogen and oxygen atoms in total. The van der Waals surface area contributed by atoms with Crippen molar-refractivity contribution >= 4 is 15.9 Å².